The number of benzene rings is 5. The van der Waals surface area contributed by atoms with Crippen molar-refractivity contribution in [2.24, 2.45) is 0 Å². The minimum atomic E-state index is 0.698. The van der Waals surface area contributed by atoms with Crippen molar-refractivity contribution in [1.82, 2.24) is 15.0 Å². The molecule has 5 aromatic carbocycles. The minimum absolute atomic E-state index is 0.698. The van der Waals surface area contributed by atoms with Crippen molar-refractivity contribution in [3.05, 3.63) is 128 Å². The Balaban J connectivity index is 1.38. The minimum Gasteiger partial charge on any atom is -0.265 e. The number of hydrogen-bond donors (Lipinski definition) is 0. The predicted molar refractivity (Wildman–Crippen MR) is 149 cm³/mol. The maximum atomic E-state index is 4.83. The lowest BCUT2D eigenvalue weighted by Gasteiger charge is -2.12. The number of fused-ring (bicyclic) bond motifs is 6. The van der Waals surface area contributed by atoms with Crippen molar-refractivity contribution in [3.8, 4) is 33.8 Å². The molecule has 0 aliphatic rings. The van der Waals surface area contributed by atoms with Gasteiger partial charge < -0.3 is 0 Å². The second kappa shape index (κ2) is 8.40. The molecule has 0 saturated heterocycles. The fourth-order valence-electron chi connectivity index (χ4n) is 5.10. The Morgan fingerprint density at radius 1 is 0.389 bits per heavy atom. The van der Waals surface area contributed by atoms with Crippen LogP contribution in [-0.2, 0) is 0 Å². The molecule has 36 heavy (non-hydrogen) atoms. The highest BCUT2D eigenvalue weighted by Gasteiger charge is 2.11. The van der Waals surface area contributed by atoms with Crippen molar-refractivity contribution in [2.75, 3.05) is 0 Å². The van der Waals surface area contributed by atoms with Gasteiger partial charge in [-0.1, -0.05) is 78.9 Å². The molecule has 0 atom stereocenters. The summed E-state index contributed by atoms with van der Waals surface area (Å²) < 4.78 is 0. The molecular formula is C33H21N3. The van der Waals surface area contributed by atoms with Crippen molar-refractivity contribution in [2.45, 2.75) is 0 Å². The fourth-order valence-corrected chi connectivity index (χ4v) is 5.10. The fraction of sp³-hybridized carbons (Fsp3) is 0. The first-order chi connectivity index (χ1) is 17.8. The van der Waals surface area contributed by atoms with Crippen molar-refractivity contribution in [3.63, 3.8) is 0 Å². The normalized spacial score (nSPS) is 11.3. The van der Waals surface area contributed by atoms with Crippen LogP contribution in [0.15, 0.2) is 128 Å². The van der Waals surface area contributed by atoms with Crippen molar-refractivity contribution >= 4 is 32.3 Å². The lowest BCUT2D eigenvalue weighted by atomic mass is 9.92. The zero-order valence-electron chi connectivity index (χ0n) is 19.5. The molecule has 0 aliphatic heterocycles. The van der Waals surface area contributed by atoms with Crippen LogP contribution in [0.25, 0.3) is 66.1 Å². The molecule has 0 radical (unpaired) electrons. The number of pyridine rings is 1. The van der Waals surface area contributed by atoms with E-state index in [9.17, 15) is 0 Å². The summed E-state index contributed by atoms with van der Waals surface area (Å²) in [5.41, 5.74) is 5.27. The van der Waals surface area contributed by atoms with Gasteiger partial charge in [0.15, 0.2) is 5.82 Å². The largest absolute Gasteiger partial charge is 0.265 e. The van der Waals surface area contributed by atoms with Crippen LogP contribution < -0.4 is 0 Å². The van der Waals surface area contributed by atoms with Crippen molar-refractivity contribution in [1.29, 1.82) is 0 Å². The molecule has 7 rings (SSSR count). The molecule has 2 heterocycles. The first-order valence-electron chi connectivity index (χ1n) is 12.0. The lowest BCUT2D eigenvalue weighted by molar-refractivity contribution is 1.17. The quantitative estimate of drug-likeness (QED) is 0.249. The highest BCUT2D eigenvalue weighted by Crippen LogP contribution is 2.37. The predicted octanol–water partition coefficient (Wildman–Crippen LogP) is 8.33. The summed E-state index contributed by atoms with van der Waals surface area (Å²) in [6.07, 6.45) is 5.34. The molecular weight excluding hydrogens is 438 g/mol. The Kier molecular flexibility index (Phi) is 4.78. The van der Waals surface area contributed by atoms with Gasteiger partial charge in [0.05, 0.1) is 5.69 Å². The summed E-state index contributed by atoms with van der Waals surface area (Å²) in [5, 5.41) is 7.70. The molecule has 0 spiro atoms. The van der Waals surface area contributed by atoms with Gasteiger partial charge in [0, 0.05) is 29.7 Å². The molecule has 0 fully saturated rings. The first kappa shape index (κ1) is 20.5. The zero-order valence-corrected chi connectivity index (χ0v) is 19.5. The Bertz CT molecular complexity index is 1860. The number of nitrogens with zero attached hydrogens (tertiary/aromatic N) is 3. The van der Waals surface area contributed by atoms with Crippen LogP contribution in [0.5, 0.6) is 0 Å². The maximum Gasteiger partial charge on any atom is 0.159 e. The SMILES string of the molecule is c1cc(-c2ccc3c4ccccc4c4ccccc4c3c2)cc(-c2ccnc(-c3ccncc3)n2)c1. The number of aromatic nitrogens is 3. The van der Waals surface area contributed by atoms with Crippen LogP contribution in [-0.4, -0.2) is 15.0 Å². The number of hydrogen-bond acceptors (Lipinski definition) is 3. The highest BCUT2D eigenvalue weighted by atomic mass is 14.9. The van der Waals surface area contributed by atoms with E-state index in [2.05, 4.69) is 101 Å². The third kappa shape index (κ3) is 3.41. The molecule has 7 aromatic rings. The van der Waals surface area contributed by atoms with Gasteiger partial charge in [-0.15, -0.1) is 0 Å². The summed E-state index contributed by atoms with van der Waals surface area (Å²) in [6, 6.07) is 38.6. The van der Waals surface area contributed by atoms with Crippen LogP contribution in [0.2, 0.25) is 0 Å². The Morgan fingerprint density at radius 3 is 1.72 bits per heavy atom. The highest BCUT2D eigenvalue weighted by molar-refractivity contribution is 6.25. The third-order valence-corrected chi connectivity index (χ3v) is 6.83. The van der Waals surface area contributed by atoms with Crippen LogP contribution in [0, 0.1) is 0 Å². The van der Waals surface area contributed by atoms with Gasteiger partial charge in [-0.3, -0.25) is 4.98 Å². The standard InChI is InChI=1S/C33H21N3/c1-2-10-28-26(8-1)27-9-3-4-11-29(27)31-21-24(12-13-30(28)31)23-6-5-7-25(20-23)32-16-19-35-33(36-32)22-14-17-34-18-15-22/h1-21H. The topological polar surface area (TPSA) is 38.7 Å². The molecule has 2 aromatic heterocycles. The van der Waals surface area contributed by atoms with E-state index < -0.39 is 0 Å². The molecule has 0 bridgehead atoms. The van der Waals surface area contributed by atoms with E-state index in [1.165, 1.54) is 37.9 Å². The molecule has 0 amide bonds. The first-order valence-corrected chi connectivity index (χ1v) is 12.0. The van der Waals surface area contributed by atoms with Gasteiger partial charge in [-0.05, 0) is 73.8 Å². The second-order valence-corrected chi connectivity index (χ2v) is 8.93. The van der Waals surface area contributed by atoms with Crippen LogP contribution in [0.3, 0.4) is 0 Å². The van der Waals surface area contributed by atoms with E-state index in [1.807, 2.05) is 24.4 Å². The second-order valence-electron chi connectivity index (χ2n) is 8.93. The summed E-state index contributed by atoms with van der Waals surface area (Å²) in [6.45, 7) is 0. The van der Waals surface area contributed by atoms with Gasteiger partial charge in [0.2, 0.25) is 0 Å². The lowest BCUT2D eigenvalue weighted by Crippen LogP contribution is -1.92. The molecule has 0 N–H and O–H groups in total. The van der Waals surface area contributed by atoms with Gasteiger partial charge in [-0.2, -0.15) is 0 Å². The summed E-state index contributed by atoms with van der Waals surface area (Å²) in [7, 11) is 0. The Morgan fingerprint density at radius 2 is 1.00 bits per heavy atom. The summed E-state index contributed by atoms with van der Waals surface area (Å²) in [4.78, 5) is 13.4. The van der Waals surface area contributed by atoms with E-state index in [4.69, 9.17) is 4.98 Å². The molecule has 0 aliphatic carbocycles. The van der Waals surface area contributed by atoms with Crippen LogP contribution >= 0.6 is 0 Å². The molecule has 0 unspecified atom stereocenters. The van der Waals surface area contributed by atoms with E-state index in [0.29, 0.717) is 5.82 Å². The van der Waals surface area contributed by atoms with E-state index >= 15 is 0 Å². The van der Waals surface area contributed by atoms with Gasteiger partial charge in [0.25, 0.3) is 0 Å². The maximum absolute atomic E-state index is 4.83. The smallest absolute Gasteiger partial charge is 0.159 e. The Hall–Kier alpha value is -4.89. The zero-order chi connectivity index (χ0) is 23.9. The number of rotatable bonds is 3. The molecule has 3 heteroatoms. The van der Waals surface area contributed by atoms with Gasteiger partial charge >= 0.3 is 0 Å². The van der Waals surface area contributed by atoms with Gasteiger partial charge in [-0.25, -0.2) is 9.97 Å². The summed E-state index contributed by atoms with van der Waals surface area (Å²) in [5.74, 6) is 0.698. The monoisotopic (exact) mass is 459 g/mol. The van der Waals surface area contributed by atoms with E-state index in [0.717, 1.165) is 22.4 Å². The Labute approximate surface area is 208 Å². The van der Waals surface area contributed by atoms with Crippen LogP contribution in [0.1, 0.15) is 0 Å². The third-order valence-electron chi connectivity index (χ3n) is 6.83. The summed E-state index contributed by atoms with van der Waals surface area (Å²) >= 11 is 0. The molecule has 168 valence electrons. The van der Waals surface area contributed by atoms with E-state index in [-0.39, 0.29) is 0 Å². The van der Waals surface area contributed by atoms with Gasteiger partial charge in [0.1, 0.15) is 0 Å². The van der Waals surface area contributed by atoms with Crippen LogP contribution in [0.4, 0.5) is 0 Å². The average Bonchev–Trinajstić information content (AvgIpc) is 2.98. The average molecular weight is 460 g/mol. The molecule has 0 saturated carbocycles. The van der Waals surface area contributed by atoms with Crippen molar-refractivity contribution < 1.29 is 0 Å². The molecule has 3 nitrogen and oxygen atoms in total. The van der Waals surface area contributed by atoms with E-state index in [1.54, 1.807) is 12.4 Å².